The van der Waals surface area contributed by atoms with Gasteiger partial charge in [-0.1, -0.05) is 0 Å². The number of rotatable bonds is 6. The Hall–Kier alpha value is -1.34. The summed E-state index contributed by atoms with van der Waals surface area (Å²) in [5.41, 5.74) is 0.312. The molecule has 0 bridgehead atoms. The summed E-state index contributed by atoms with van der Waals surface area (Å²) in [6.07, 6.45) is 1.95. The molecule has 1 amide bonds. The van der Waals surface area contributed by atoms with Crippen LogP contribution in [0.2, 0.25) is 0 Å². The number of aliphatic hydroxyl groups is 1. The van der Waals surface area contributed by atoms with Gasteiger partial charge in [-0.15, -0.1) is 10.2 Å². The normalized spacial score (nSPS) is 13.7. The van der Waals surface area contributed by atoms with Gasteiger partial charge in [0.25, 0.3) is 5.91 Å². The van der Waals surface area contributed by atoms with Crippen LogP contribution in [0.15, 0.2) is 12.1 Å². The minimum atomic E-state index is -0.176. The van der Waals surface area contributed by atoms with E-state index in [1.54, 1.807) is 38.0 Å². The molecule has 2 atom stereocenters. The number of nitrogens with one attached hydrogen (secondary N) is 1. The monoisotopic (exact) mass is 284 g/mol. The van der Waals surface area contributed by atoms with E-state index in [1.165, 1.54) is 4.90 Å². The summed E-state index contributed by atoms with van der Waals surface area (Å²) < 4.78 is 0. The fourth-order valence-electron chi connectivity index (χ4n) is 1.52. The van der Waals surface area contributed by atoms with Crippen LogP contribution in [0.4, 0.5) is 5.82 Å². The van der Waals surface area contributed by atoms with E-state index in [2.05, 4.69) is 15.5 Å². The van der Waals surface area contributed by atoms with Gasteiger partial charge in [0.15, 0.2) is 5.69 Å². The van der Waals surface area contributed by atoms with Crippen molar-refractivity contribution in [2.24, 2.45) is 0 Å². The van der Waals surface area contributed by atoms with Gasteiger partial charge in [0.2, 0.25) is 0 Å². The van der Waals surface area contributed by atoms with Gasteiger partial charge in [0.05, 0.1) is 6.61 Å². The van der Waals surface area contributed by atoms with Crippen LogP contribution in [0.25, 0.3) is 0 Å². The Bertz CT molecular complexity index is 407. The minimum Gasteiger partial charge on any atom is -0.395 e. The maximum atomic E-state index is 11.6. The number of hydrogen-bond donors (Lipinski definition) is 2. The first-order valence-corrected chi connectivity index (χ1v) is 7.24. The van der Waals surface area contributed by atoms with Crippen molar-refractivity contribution < 1.29 is 9.90 Å². The summed E-state index contributed by atoms with van der Waals surface area (Å²) in [6, 6.07) is 3.41. The highest BCUT2D eigenvalue weighted by molar-refractivity contribution is 7.99. The van der Waals surface area contributed by atoms with Crippen molar-refractivity contribution in [1.82, 2.24) is 15.1 Å². The van der Waals surface area contributed by atoms with Crippen molar-refractivity contribution in [2.75, 3.05) is 32.3 Å². The van der Waals surface area contributed by atoms with Gasteiger partial charge in [0, 0.05) is 25.4 Å². The lowest BCUT2D eigenvalue weighted by Crippen LogP contribution is -2.31. The highest BCUT2D eigenvalue weighted by Crippen LogP contribution is 2.14. The Morgan fingerprint density at radius 1 is 1.47 bits per heavy atom. The second kappa shape index (κ2) is 7.30. The predicted octanol–water partition coefficient (Wildman–Crippen LogP) is 0.703. The average Bonchev–Trinajstić information content (AvgIpc) is 2.40. The first kappa shape index (κ1) is 15.7. The number of aliphatic hydroxyl groups excluding tert-OH is 1. The molecule has 0 radical (unpaired) electrons. The Morgan fingerprint density at radius 3 is 2.58 bits per heavy atom. The molecule has 0 aliphatic carbocycles. The second-order valence-corrected chi connectivity index (χ2v) is 5.47. The van der Waals surface area contributed by atoms with E-state index in [0.717, 1.165) is 0 Å². The zero-order valence-electron chi connectivity index (χ0n) is 11.6. The van der Waals surface area contributed by atoms with Gasteiger partial charge < -0.3 is 15.3 Å². The predicted molar refractivity (Wildman–Crippen MR) is 77.5 cm³/mol. The van der Waals surface area contributed by atoms with E-state index >= 15 is 0 Å². The third-order valence-corrected chi connectivity index (χ3v) is 3.87. The average molecular weight is 284 g/mol. The summed E-state index contributed by atoms with van der Waals surface area (Å²) in [4.78, 5) is 13.1. The van der Waals surface area contributed by atoms with Crippen LogP contribution < -0.4 is 5.32 Å². The van der Waals surface area contributed by atoms with Gasteiger partial charge in [-0.3, -0.25) is 4.79 Å². The van der Waals surface area contributed by atoms with Crippen LogP contribution in [0.3, 0.4) is 0 Å². The Balaban J connectivity index is 2.69. The SMILES string of the molecule is CSC(CO)C(C)Nc1ccc(C(=O)N(C)C)nn1. The fourth-order valence-corrected chi connectivity index (χ4v) is 2.14. The highest BCUT2D eigenvalue weighted by Gasteiger charge is 2.16. The van der Waals surface area contributed by atoms with Crippen molar-refractivity contribution in [1.29, 1.82) is 0 Å². The van der Waals surface area contributed by atoms with E-state index in [0.29, 0.717) is 11.5 Å². The van der Waals surface area contributed by atoms with Crippen LogP contribution in [-0.4, -0.2) is 64.4 Å². The minimum absolute atomic E-state index is 0.0599. The number of carbonyl (C=O) groups excluding carboxylic acids is 1. The summed E-state index contributed by atoms with van der Waals surface area (Å²) in [5.74, 6) is 0.416. The molecule has 19 heavy (non-hydrogen) atoms. The number of nitrogens with zero attached hydrogens (tertiary/aromatic N) is 3. The quantitative estimate of drug-likeness (QED) is 0.801. The number of aromatic nitrogens is 2. The summed E-state index contributed by atoms with van der Waals surface area (Å²) in [7, 11) is 3.34. The molecular weight excluding hydrogens is 264 g/mol. The first-order valence-electron chi connectivity index (χ1n) is 5.95. The molecule has 1 rings (SSSR count). The number of anilines is 1. The van der Waals surface area contributed by atoms with E-state index in [9.17, 15) is 9.90 Å². The van der Waals surface area contributed by atoms with Crippen molar-refractivity contribution in [3.8, 4) is 0 Å². The maximum Gasteiger partial charge on any atom is 0.273 e. The molecule has 7 heteroatoms. The molecule has 6 nitrogen and oxygen atoms in total. The van der Waals surface area contributed by atoms with Crippen molar-refractivity contribution >= 4 is 23.5 Å². The van der Waals surface area contributed by atoms with Crippen LogP contribution in [0.1, 0.15) is 17.4 Å². The molecule has 1 aromatic rings. The van der Waals surface area contributed by atoms with Gasteiger partial charge in [-0.25, -0.2) is 0 Å². The molecule has 0 saturated carbocycles. The van der Waals surface area contributed by atoms with Crippen molar-refractivity contribution in [3.05, 3.63) is 17.8 Å². The largest absolute Gasteiger partial charge is 0.395 e. The van der Waals surface area contributed by atoms with Crippen LogP contribution in [0, 0.1) is 0 Å². The Labute approximate surface area is 117 Å². The van der Waals surface area contributed by atoms with Crippen LogP contribution in [0.5, 0.6) is 0 Å². The third kappa shape index (κ3) is 4.36. The van der Waals surface area contributed by atoms with E-state index in [1.807, 2.05) is 13.2 Å². The topological polar surface area (TPSA) is 78.4 Å². The molecule has 0 aliphatic rings. The first-order chi connectivity index (χ1) is 8.99. The number of hydrogen-bond acceptors (Lipinski definition) is 6. The van der Waals surface area contributed by atoms with Gasteiger partial charge in [0.1, 0.15) is 5.82 Å². The molecule has 106 valence electrons. The van der Waals surface area contributed by atoms with Gasteiger partial charge >= 0.3 is 0 Å². The lowest BCUT2D eigenvalue weighted by Gasteiger charge is -2.21. The van der Waals surface area contributed by atoms with E-state index in [-0.39, 0.29) is 23.8 Å². The van der Waals surface area contributed by atoms with Crippen molar-refractivity contribution in [3.63, 3.8) is 0 Å². The Kier molecular flexibility index (Phi) is 6.04. The standard InChI is InChI=1S/C12H20N4O2S/c1-8(10(7-17)19-4)13-11-6-5-9(14-15-11)12(18)16(2)3/h5-6,8,10,17H,7H2,1-4H3,(H,13,15). The fraction of sp³-hybridized carbons (Fsp3) is 0.583. The molecule has 0 aromatic carbocycles. The summed E-state index contributed by atoms with van der Waals surface area (Å²) >= 11 is 1.59. The maximum absolute atomic E-state index is 11.6. The van der Waals surface area contributed by atoms with E-state index < -0.39 is 0 Å². The van der Waals surface area contributed by atoms with E-state index in [4.69, 9.17) is 0 Å². The summed E-state index contributed by atoms with van der Waals surface area (Å²) in [6.45, 7) is 2.07. The highest BCUT2D eigenvalue weighted by atomic mass is 32.2. The molecule has 1 heterocycles. The van der Waals surface area contributed by atoms with Crippen LogP contribution in [-0.2, 0) is 0 Å². The molecule has 0 saturated heterocycles. The number of carbonyl (C=O) groups is 1. The summed E-state index contributed by atoms with van der Waals surface area (Å²) in [5, 5.41) is 20.3. The molecule has 2 unspecified atom stereocenters. The van der Waals surface area contributed by atoms with Gasteiger partial charge in [-0.05, 0) is 25.3 Å². The Morgan fingerprint density at radius 2 is 2.16 bits per heavy atom. The lowest BCUT2D eigenvalue weighted by molar-refractivity contribution is 0.0821. The number of amides is 1. The molecule has 2 N–H and O–H groups in total. The zero-order chi connectivity index (χ0) is 14.4. The van der Waals surface area contributed by atoms with Gasteiger partial charge in [-0.2, -0.15) is 11.8 Å². The number of thioether (sulfide) groups is 1. The van der Waals surface area contributed by atoms with Crippen molar-refractivity contribution in [2.45, 2.75) is 18.2 Å². The smallest absolute Gasteiger partial charge is 0.273 e. The molecular formula is C12H20N4O2S. The molecule has 0 aliphatic heterocycles. The molecule has 1 aromatic heterocycles. The zero-order valence-corrected chi connectivity index (χ0v) is 12.4. The molecule has 0 spiro atoms. The lowest BCUT2D eigenvalue weighted by atomic mass is 10.2. The third-order valence-electron chi connectivity index (χ3n) is 2.71. The molecule has 0 fully saturated rings. The van der Waals surface area contributed by atoms with Crippen LogP contribution >= 0.6 is 11.8 Å². The second-order valence-electron chi connectivity index (χ2n) is 4.39.